The van der Waals surface area contributed by atoms with E-state index >= 15 is 0 Å². The minimum Gasteiger partial charge on any atom is -0.377 e. The molecule has 0 radical (unpaired) electrons. The maximum Gasteiger partial charge on any atom is 0.439 e. The van der Waals surface area contributed by atoms with Gasteiger partial charge in [0.1, 0.15) is 11.2 Å². The van der Waals surface area contributed by atoms with Crippen LogP contribution in [0.4, 0.5) is 5.95 Å². The lowest BCUT2D eigenvalue weighted by atomic mass is 9.79. The fourth-order valence-electron chi connectivity index (χ4n) is 5.85. The third kappa shape index (κ3) is 4.60. The SMILES string of the molecule is CC1CCC(C(C)n2c(N3CCOC[C@H]3C)nc3nc(-c4noc(=O)[nH]4)nc(-c4cccc(Cl)c4)c32)CC1. The zero-order valence-corrected chi connectivity index (χ0v) is 22.6. The first-order chi connectivity index (χ1) is 18.4. The molecule has 200 valence electrons. The molecule has 0 bridgehead atoms. The molecule has 10 nitrogen and oxygen atoms in total. The average Bonchev–Trinajstić information content (AvgIpc) is 3.52. The van der Waals surface area contributed by atoms with E-state index in [2.05, 4.69) is 40.4 Å². The number of nitrogens with zero attached hydrogens (tertiary/aromatic N) is 6. The van der Waals surface area contributed by atoms with E-state index in [-0.39, 0.29) is 23.7 Å². The van der Waals surface area contributed by atoms with Gasteiger partial charge in [-0.25, -0.2) is 14.8 Å². The van der Waals surface area contributed by atoms with E-state index in [4.69, 9.17) is 35.8 Å². The van der Waals surface area contributed by atoms with Crippen LogP contribution >= 0.6 is 11.6 Å². The van der Waals surface area contributed by atoms with Crippen LogP contribution in [0.1, 0.15) is 52.5 Å². The molecule has 1 N–H and O–H groups in total. The number of aromatic amines is 1. The first-order valence-electron chi connectivity index (χ1n) is 13.4. The summed E-state index contributed by atoms with van der Waals surface area (Å²) in [4.78, 5) is 31.4. The summed E-state index contributed by atoms with van der Waals surface area (Å²) in [5.74, 6) is 1.87. The van der Waals surface area contributed by atoms with Crippen molar-refractivity contribution in [3.63, 3.8) is 0 Å². The highest BCUT2D eigenvalue weighted by Crippen LogP contribution is 2.41. The van der Waals surface area contributed by atoms with Crippen molar-refractivity contribution >= 4 is 28.7 Å². The van der Waals surface area contributed by atoms with Gasteiger partial charge in [0.2, 0.25) is 17.6 Å². The van der Waals surface area contributed by atoms with E-state index in [9.17, 15) is 4.79 Å². The number of nitrogens with one attached hydrogen (secondary N) is 1. The number of hydrogen-bond donors (Lipinski definition) is 1. The fraction of sp³-hybridized carbons (Fsp3) is 0.519. The predicted octanol–water partition coefficient (Wildman–Crippen LogP) is 5.10. The van der Waals surface area contributed by atoms with Gasteiger partial charge in [-0.2, -0.15) is 4.98 Å². The highest BCUT2D eigenvalue weighted by atomic mass is 35.5. The lowest BCUT2D eigenvalue weighted by Crippen LogP contribution is -2.45. The number of H-pyrrole nitrogens is 1. The van der Waals surface area contributed by atoms with Crippen LogP contribution in [-0.4, -0.2) is 55.5 Å². The number of benzene rings is 1. The summed E-state index contributed by atoms with van der Waals surface area (Å²) in [6, 6.07) is 7.94. The molecule has 1 saturated carbocycles. The molecule has 1 aromatic carbocycles. The summed E-state index contributed by atoms with van der Waals surface area (Å²) >= 11 is 6.43. The van der Waals surface area contributed by atoms with Crippen LogP contribution in [0.15, 0.2) is 33.6 Å². The second-order valence-electron chi connectivity index (χ2n) is 10.7. The number of halogens is 1. The van der Waals surface area contributed by atoms with E-state index in [1.807, 2.05) is 24.3 Å². The molecule has 1 aliphatic heterocycles. The van der Waals surface area contributed by atoms with Gasteiger partial charge in [-0.3, -0.25) is 9.51 Å². The summed E-state index contributed by atoms with van der Waals surface area (Å²) in [7, 11) is 0. The minimum absolute atomic E-state index is 0.158. The van der Waals surface area contributed by atoms with Crippen molar-refractivity contribution in [3.05, 3.63) is 39.8 Å². The van der Waals surface area contributed by atoms with E-state index in [1.165, 1.54) is 25.7 Å². The summed E-state index contributed by atoms with van der Waals surface area (Å²) in [6.45, 7) is 8.81. The second kappa shape index (κ2) is 10.1. The van der Waals surface area contributed by atoms with Crippen LogP contribution in [0.5, 0.6) is 0 Å². The number of imidazole rings is 1. The van der Waals surface area contributed by atoms with Gasteiger partial charge >= 0.3 is 5.76 Å². The smallest absolute Gasteiger partial charge is 0.377 e. The van der Waals surface area contributed by atoms with Crippen molar-refractivity contribution in [2.45, 2.75) is 58.5 Å². The van der Waals surface area contributed by atoms with Crippen molar-refractivity contribution in [2.75, 3.05) is 24.7 Å². The monoisotopic (exact) mass is 537 g/mol. The van der Waals surface area contributed by atoms with Crippen LogP contribution in [0.3, 0.4) is 0 Å². The number of aromatic nitrogens is 6. The van der Waals surface area contributed by atoms with Gasteiger partial charge in [0.15, 0.2) is 5.65 Å². The number of hydrogen-bond acceptors (Lipinski definition) is 8. The molecule has 3 aromatic heterocycles. The van der Waals surface area contributed by atoms with E-state index in [1.54, 1.807) is 0 Å². The van der Waals surface area contributed by atoms with Crippen LogP contribution in [0.2, 0.25) is 5.02 Å². The number of morpholine rings is 1. The first kappa shape index (κ1) is 25.1. The van der Waals surface area contributed by atoms with Crippen LogP contribution in [0.25, 0.3) is 34.1 Å². The van der Waals surface area contributed by atoms with E-state index in [0.29, 0.717) is 35.5 Å². The van der Waals surface area contributed by atoms with Gasteiger partial charge in [-0.15, -0.1) is 0 Å². The molecule has 1 aliphatic carbocycles. The maximum atomic E-state index is 11.7. The highest BCUT2D eigenvalue weighted by molar-refractivity contribution is 6.30. The zero-order valence-electron chi connectivity index (χ0n) is 21.9. The van der Waals surface area contributed by atoms with Crippen molar-refractivity contribution in [1.82, 2.24) is 29.7 Å². The fourth-order valence-corrected chi connectivity index (χ4v) is 6.04. The molecule has 2 atom stereocenters. The minimum atomic E-state index is -0.665. The lowest BCUT2D eigenvalue weighted by Gasteiger charge is -2.37. The summed E-state index contributed by atoms with van der Waals surface area (Å²) in [5, 5.41) is 4.44. The van der Waals surface area contributed by atoms with Crippen molar-refractivity contribution < 1.29 is 9.26 Å². The molecular weight excluding hydrogens is 506 g/mol. The molecule has 1 unspecified atom stereocenters. The van der Waals surface area contributed by atoms with Gasteiger partial charge in [-0.1, -0.05) is 48.7 Å². The molecule has 2 fully saturated rings. The molecule has 6 rings (SSSR count). The summed E-state index contributed by atoms with van der Waals surface area (Å²) in [5.41, 5.74) is 2.91. The molecule has 4 heterocycles. The van der Waals surface area contributed by atoms with Crippen LogP contribution < -0.4 is 10.7 Å². The Morgan fingerprint density at radius 3 is 2.66 bits per heavy atom. The Morgan fingerprint density at radius 1 is 1.13 bits per heavy atom. The Balaban J connectivity index is 1.61. The van der Waals surface area contributed by atoms with Crippen molar-refractivity contribution in [3.8, 4) is 22.9 Å². The van der Waals surface area contributed by atoms with Gasteiger partial charge in [-0.05, 0) is 50.7 Å². The maximum absolute atomic E-state index is 11.7. The molecule has 4 aromatic rings. The lowest BCUT2D eigenvalue weighted by molar-refractivity contribution is 0.0972. The summed E-state index contributed by atoms with van der Waals surface area (Å²) < 4.78 is 12.8. The van der Waals surface area contributed by atoms with E-state index in [0.717, 1.165) is 29.5 Å². The van der Waals surface area contributed by atoms with Gasteiger partial charge in [0.05, 0.1) is 19.3 Å². The number of anilines is 1. The molecule has 2 aliphatic rings. The van der Waals surface area contributed by atoms with Crippen molar-refractivity contribution in [1.29, 1.82) is 0 Å². The van der Waals surface area contributed by atoms with Crippen molar-refractivity contribution in [2.24, 2.45) is 11.8 Å². The number of rotatable bonds is 5. The molecular formula is C27H32ClN7O3. The molecule has 0 spiro atoms. The van der Waals surface area contributed by atoms with E-state index < -0.39 is 5.76 Å². The number of fused-ring (bicyclic) bond motifs is 1. The molecule has 38 heavy (non-hydrogen) atoms. The predicted molar refractivity (Wildman–Crippen MR) is 145 cm³/mol. The highest BCUT2D eigenvalue weighted by Gasteiger charge is 2.33. The molecule has 1 saturated heterocycles. The Kier molecular flexibility index (Phi) is 6.69. The Bertz CT molecular complexity index is 1500. The van der Waals surface area contributed by atoms with Gasteiger partial charge in [0.25, 0.3) is 0 Å². The van der Waals surface area contributed by atoms with Crippen LogP contribution in [0, 0.1) is 11.8 Å². The summed E-state index contributed by atoms with van der Waals surface area (Å²) in [6.07, 6.45) is 4.80. The molecule has 11 heteroatoms. The largest absolute Gasteiger partial charge is 0.439 e. The van der Waals surface area contributed by atoms with Gasteiger partial charge in [0, 0.05) is 23.2 Å². The number of ether oxygens (including phenoxy) is 1. The standard InChI is InChI=1S/C27H32ClN7O3/c1-15-7-9-18(10-8-15)17(3)35-22-21(19-5-4-6-20(28)13-19)29-24(25-32-27(36)38-33-25)30-23(22)31-26(35)34-11-12-37-14-16(34)2/h4-6,13,15-18H,7-12,14H2,1-3H3,(H,32,33,36)/t15?,16-,17?,18?/m1/s1. The normalized spacial score (nSPS) is 23.2. The zero-order chi connectivity index (χ0) is 26.4. The third-order valence-corrected chi connectivity index (χ3v) is 8.29. The Morgan fingerprint density at radius 2 is 1.95 bits per heavy atom. The van der Waals surface area contributed by atoms with Crippen LogP contribution in [-0.2, 0) is 4.74 Å². The average molecular weight is 538 g/mol. The Hall–Kier alpha value is -3.24. The Labute approximate surface area is 225 Å². The molecule has 0 amide bonds. The second-order valence-corrected chi connectivity index (χ2v) is 11.1. The van der Waals surface area contributed by atoms with Gasteiger partial charge < -0.3 is 14.2 Å². The third-order valence-electron chi connectivity index (χ3n) is 8.05. The quantitative estimate of drug-likeness (QED) is 0.374. The topological polar surface area (TPSA) is 115 Å². The first-order valence-corrected chi connectivity index (χ1v) is 13.7.